The van der Waals surface area contributed by atoms with Crippen molar-refractivity contribution in [1.82, 2.24) is 0 Å². The van der Waals surface area contributed by atoms with Crippen LogP contribution >= 0.6 is 0 Å². The second-order valence-electron chi connectivity index (χ2n) is 7.00. The molecule has 0 aliphatic carbocycles. The minimum atomic E-state index is -0.463. The Morgan fingerprint density at radius 3 is 1.45 bits per heavy atom. The standard InChI is InChI=1S/C24H23N3O4/c1-27(2)21-14-12-20(13-15-21)26-23(29)17-8-10-19(11-9-17)25-22(28)16-4-6-18(7-5-16)24(30)31-3/h4-15H,1-3H3,(H,25,28)(H,26,29). The van der Waals surface area contributed by atoms with E-state index in [4.69, 9.17) is 0 Å². The zero-order chi connectivity index (χ0) is 22.4. The van der Waals surface area contributed by atoms with Crippen molar-refractivity contribution in [2.75, 3.05) is 36.7 Å². The van der Waals surface area contributed by atoms with Crippen LogP contribution in [0.2, 0.25) is 0 Å². The summed E-state index contributed by atoms with van der Waals surface area (Å²) in [6.45, 7) is 0. The van der Waals surface area contributed by atoms with Gasteiger partial charge in [-0.3, -0.25) is 9.59 Å². The number of hydrogen-bond acceptors (Lipinski definition) is 5. The molecule has 0 spiro atoms. The maximum atomic E-state index is 12.5. The number of methoxy groups -OCH3 is 1. The van der Waals surface area contributed by atoms with Gasteiger partial charge in [0.05, 0.1) is 12.7 Å². The predicted molar refractivity (Wildman–Crippen MR) is 121 cm³/mol. The summed E-state index contributed by atoms with van der Waals surface area (Å²) in [5.74, 6) is -1.03. The van der Waals surface area contributed by atoms with Crippen molar-refractivity contribution in [1.29, 1.82) is 0 Å². The van der Waals surface area contributed by atoms with E-state index in [1.165, 1.54) is 19.2 Å². The molecule has 0 bridgehead atoms. The Hall–Kier alpha value is -4.13. The molecular formula is C24H23N3O4. The molecule has 2 amide bonds. The first kappa shape index (κ1) is 21.6. The summed E-state index contributed by atoms with van der Waals surface area (Å²) in [7, 11) is 5.20. The van der Waals surface area contributed by atoms with Crippen molar-refractivity contribution in [3.05, 3.63) is 89.5 Å². The highest BCUT2D eigenvalue weighted by atomic mass is 16.5. The van der Waals surface area contributed by atoms with Crippen molar-refractivity contribution < 1.29 is 19.1 Å². The second kappa shape index (κ2) is 9.58. The molecule has 0 fully saturated rings. The van der Waals surface area contributed by atoms with Gasteiger partial charge in [0.25, 0.3) is 11.8 Å². The molecule has 0 atom stereocenters. The largest absolute Gasteiger partial charge is 0.465 e. The van der Waals surface area contributed by atoms with Gasteiger partial charge in [-0.05, 0) is 72.8 Å². The molecule has 3 aromatic carbocycles. The number of anilines is 3. The molecule has 0 aliphatic heterocycles. The molecule has 0 aliphatic rings. The lowest BCUT2D eigenvalue weighted by Gasteiger charge is -2.13. The topological polar surface area (TPSA) is 87.7 Å². The molecule has 7 nitrogen and oxygen atoms in total. The van der Waals surface area contributed by atoms with Gasteiger partial charge in [-0.25, -0.2) is 4.79 Å². The van der Waals surface area contributed by atoms with Crippen LogP contribution in [0.1, 0.15) is 31.1 Å². The molecule has 0 aromatic heterocycles. The summed E-state index contributed by atoms with van der Waals surface area (Å²) in [5.41, 5.74) is 3.52. The highest BCUT2D eigenvalue weighted by molar-refractivity contribution is 6.06. The maximum absolute atomic E-state index is 12.5. The first-order chi connectivity index (χ1) is 14.9. The van der Waals surface area contributed by atoms with Gasteiger partial charge in [-0.2, -0.15) is 0 Å². The first-order valence-corrected chi connectivity index (χ1v) is 9.56. The summed E-state index contributed by atoms with van der Waals surface area (Å²) in [5, 5.41) is 5.61. The van der Waals surface area contributed by atoms with Gasteiger partial charge >= 0.3 is 5.97 Å². The van der Waals surface area contributed by atoms with Crippen LogP contribution < -0.4 is 15.5 Å². The average Bonchev–Trinajstić information content (AvgIpc) is 2.79. The van der Waals surface area contributed by atoms with Gasteiger partial charge < -0.3 is 20.3 Å². The first-order valence-electron chi connectivity index (χ1n) is 9.56. The van der Waals surface area contributed by atoms with E-state index in [9.17, 15) is 14.4 Å². The van der Waals surface area contributed by atoms with Crippen molar-refractivity contribution in [2.45, 2.75) is 0 Å². The number of hydrogen-bond donors (Lipinski definition) is 2. The van der Waals surface area contributed by atoms with Gasteiger partial charge in [-0.15, -0.1) is 0 Å². The maximum Gasteiger partial charge on any atom is 0.337 e. The Balaban J connectivity index is 1.60. The van der Waals surface area contributed by atoms with Crippen LogP contribution in [-0.4, -0.2) is 39.0 Å². The fourth-order valence-corrected chi connectivity index (χ4v) is 2.83. The van der Waals surface area contributed by atoms with Gasteiger partial charge in [0, 0.05) is 42.3 Å². The predicted octanol–water partition coefficient (Wildman–Crippen LogP) is 4.04. The Morgan fingerprint density at radius 2 is 1.03 bits per heavy atom. The minimum absolute atomic E-state index is 0.242. The van der Waals surface area contributed by atoms with Crippen LogP contribution in [-0.2, 0) is 4.74 Å². The van der Waals surface area contributed by atoms with Gasteiger partial charge in [-0.1, -0.05) is 0 Å². The summed E-state index contributed by atoms with van der Waals surface area (Å²) in [6, 6.07) is 20.3. The van der Waals surface area contributed by atoms with E-state index in [-0.39, 0.29) is 11.8 Å². The van der Waals surface area contributed by atoms with E-state index in [1.54, 1.807) is 36.4 Å². The number of benzene rings is 3. The third-order valence-electron chi connectivity index (χ3n) is 4.61. The van der Waals surface area contributed by atoms with E-state index in [0.717, 1.165) is 5.69 Å². The Kier molecular flexibility index (Phi) is 6.67. The van der Waals surface area contributed by atoms with Gasteiger partial charge in [0.1, 0.15) is 0 Å². The summed E-state index contributed by atoms with van der Waals surface area (Å²) < 4.78 is 4.64. The number of esters is 1. The molecule has 2 N–H and O–H groups in total. The normalized spacial score (nSPS) is 10.2. The van der Waals surface area contributed by atoms with E-state index in [0.29, 0.717) is 28.1 Å². The highest BCUT2D eigenvalue weighted by Gasteiger charge is 2.11. The number of carbonyl (C=O) groups excluding carboxylic acids is 3. The smallest absolute Gasteiger partial charge is 0.337 e. The molecule has 158 valence electrons. The Morgan fingerprint density at radius 1 is 0.645 bits per heavy atom. The molecule has 0 heterocycles. The fraction of sp³-hybridized carbons (Fsp3) is 0.125. The monoisotopic (exact) mass is 417 g/mol. The number of rotatable bonds is 6. The lowest BCUT2D eigenvalue weighted by molar-refractivity contribution is 0.0600. The summed E-state index contributed by atoms with van der Waals surface area (Å²) in [4.78, 5) is 38.3. The zero-order valence-electron chi connectivity index (χ0n) is 17.5. The zero-order valence-corrected chi connectivity index (χ0v) is 17.5. The van der Waals surface area contributed by atoms with Crippen molar-refractivity contribution in [2.24, 2.45) is 0 Å². The number of ether oxygens (including phenoxy) is 1. The third-order valence-corrected chi connectivity index (χ3v) is 4.61. The quantitative estimate of drug-likeness (QED) is 0.591. The molecule has 0 saturated carbocycles. The van der Waals surface area contributed by atoms with E-state index < -0.39 is 5.97 Å². The van der Waals surface area contributed by atoms with E-state index >= 15 is 0 Å². The summed E-state index contributed by atoms with van der Waals surface area (Å²) >= 11 is 0. The molecule has 0 saturated heterocycles. The Labute approximate surface area is 180 Å². The highest BCUT2D eigenvalue weighted by Crippen LogP contribution is 2.17. The van der Waals surface area contributed by atoms with Crippen LogP contribution in [0, 0.1) is 0 Å². The molecule has 31 heavy (non-hydrogen) atoms. The van der Waals surface area contributed by atoms with Crippen molar-refractivity contribution >= 4 is 34.8 Å². The van der Waals surface area contributed by atoms with Crippen molar-refractivity contribution in [3.63, 3.8) is 0 Å². The molecule has 3 rings (SSSR count). The molecule has 7 heteroatoms. The molecule has 0 radical (unpaired) electrons. The van der Waals surface area contributed by atoms with E-state index in [1.807, 2.05) is 43.3 Å². The average molecular weight is 417 g/mol. The van der Waals surface area contributed by atoms with E-state index in [2.05, 4.69) is 15.4 Å². The molecule has 3 aromatic rings. The summed E-state index contributed by atoms with van der Waals surface area (Å²) in [6.07, 6.45) is 0. The second-order valence-corrected chi connectivity index (χ2v) is 7.00. The molecular weight excluding hydrogens is 394 g/mol. The lowest BCUT2D eigenvalue weighted by Crippen LogP contribution is -2.14. The SMILES string of the molecule is COC(=O)c1ccc(C(=O)Nc2ccc(C(=O)Nc3ccc(N(C)C)cc3)cc2)cc1. The number of nitrogens with zero attached hydrogens (tertiary/aromatic N) is 1. The van der Waals surface area contributed by atoms with Crippen molar-refractivity contribution in [3.8, 4) is 0 Å². The van der Waals surface area contributed by atoms with Crippen LogP contribution in [0.4, 0.5) is 17.1 Å². The van der Waals surface area contributed by atoms with Gasteiger partial charge in [0.2, 0.25) is 0 Å². The van der Waals surface area contributed by atoms with Crippen LogP contribution in [0.15, 0.2) is 72.8 Å². The van der Waals surface area contributed by atoms with Crippen LogP contribution in [0.25, 0.3) is 0 Å². The van der Waals surface area contributed by atoms with Crippen LogP contribution in [0.3, 0.4) is 0 Å². The number of nitrogens with one attached hydrogen (secondary N) is 2. The lowest BCUT2D eigenvalue weighted by atomic mass is 10.1. The fourth-order valence-electron chi connectivity index (χ4n) is 2.83. The minimum Gasteiger partial charge on any atom is -0.465 e. The molecule has 0 unspecified atom stereocenters. The van der Waals surface area contributed by atoms with Gasteiger partial charge in [0.15, 0.2) is 0 Å². The number of amides is 2. The Bertz CT molecular complexity index is 1070. The number of carbonyl (C=O) groups is 3. The third kappa shape index (κ3) is 5.48. The van der Waals surface area contributed by atoms with Crippen LogP contribution in [0.5, 0.6) is 0 Å².